The Hall–Kier alpha value is -2.31. The molecule has 1 aromatic rings. The molecule has 0 spiro atoms. The summed E-state index contributed by atoms with van der Waals surface area (Å²) in [5.74, 6) is -0.633. The van der Waals surface area contributed by atoms with E-state index in [-0.39, 0.29) is 12.2 Å². The number of hydrogen-bond donors (Lipinski definition) is 3. The highest BCUT2D eigenvalue weighted by molar-refractivity contribution is 5.88. The van der Waals surface area contributed by atoms with Crippen molar-refractivity contribution in [1.29, 1.82) is 0 Å². The van der Waals surface area contributed by atoms with Gasteiger partial charge in [-0.15, -0.1) is 0 Å². The van der Waals surface area contributed by atoms with Crippen molar-refractivity contribution in [2.75, 3.05) is 18.5 Å². The first-order valence-corrected chi connectivity index (χ1v) is 4.45. The smallest absolute Gasteiger partial charge is 0.404 e. The summed E-state index contributed by atoms with van der Waals surface area (Å²) < 4.78 is 4.47. The van der Waals surface area contributed by atoms with E-state index >= 15 is 0 Å². The fourth-order valence-electron chi connectivity index (χ4n) is 0.991. The van der Waals surface area contributed by atoms with Crippen LogP contribution in [0.1, 0.15) is 10.4 Å². The van der Waals surface area contributed by atoms with Crippen molar-refractivity contribution in [1.82, 2.24) is 4.98 Å². The lowest BCUT2D eigenvalue weighted by Crippen LogP contribution is -2.18. The standard InChI is InChI=1S/C9H11N3O4/c10-9(15)16-4-3-12-7-5-6(8(13)14)1-2-11-7/h1-2,5H,3-4H2,(H2,10,15)(H,11,12)(H,13,14). The Morgan fingerprint density at radius 2 is 2.31 bits per heavy atom. The number of amides is 1. The molecule has 1 amide bonds. The number of carboxylic acid groups (broad SMARTS) is 1. The van der Waals surface area contributed by atoms with Gasteiger partial charge < -0.3 is 20.9 Å². The van der Waals surface area contributed by atoms with Gasteiger partial charge in [0.2, 0.25) is 0 Å². The Kier molecular flexibility index (Phi) is 4.07. The third-order valence-corrected chi connectivity index (χ3v) is 1.66. The van der Waals surface area contributed by atoms with E-state index in [1.807, 2.05) is 0 Å². The lowest BCUT2D eigenvalue weighted by Gasteiger charge is -2.05. The number of nitrogens with zero attached hydrogens (tertiary/aromatic N) is 1. The van der Waals surface area contributed by atoms with E-state index in [9.17, 15) is 9.59 Å². The lowest BCUT2D eigenvalue weighted by molar-refractivity contribution is 0.0696. The Balaban J connectivity index is 2.45. The topological polar surface area (TPSA) is 115 Å². The van der Waals surface area contributed by atoms with Crippen molar-refractivity contribution in [2.24, 2.45) is 5.73 Å². The van der Waals surface area contributed by atoms with Crippen LogP contribution in [0.15, 0.2) is 18.3 Å². The number of carbonyl (C=O) groups excluding carboxylic acids is 1. The van der Waals surface area contributed by atoms with Crippen molar-refractivity contribution in [2.45, 2.75) is 0 Å². The zero-order chi connectivity index (χ0) is 12.0. The number of rotatable bonds is 5. The van der Waals surface area contributed by atoms with Gasteiger partial charge in [0.05, 0.1) is 12.1 Å². The quantitative estimate of drug-likeness (QED) is 0.620. The van der Waals surface area contributed by atoms with E-state index in [2.05, 4.69) is 15.0 Å². The van der Waals surface area contributed by atoms with Crippen LogP contribution in [-0.4, -0.2) is 35.3 Å². The molecule has 1 aromatic heterocycles. The molecule has 7 heteroatoms. The minimum atomic E-state index is -1.03. The number of carbonyl (C=O) groups is 2. The maximum absolute atomic E-state index is 10.6. The third kappa shape index (κ3) is 3.82. The van der Waals surface area contributed by atoms with Crippen LogP contribution in [0.2, 0.25) is 0 Å². The van der Waals surface area contributed by atoms with Gasteiger partial charge in [-0.05, 0) is 12.1 Å². The summed E-state index contributed by atoms with van der Waals surface area (Å²) in [6.45, 7) is 0.396. The average molecular weight is 225 g/mol. The minimum absolute atomic E-state index is 0.0916. The van der Waals surface area contributed by atoms with Crippen molar-refractivity contribution in [3.63, 3.8) is 0 Å². The maximum atomic E-state index is 10.6. The van der Waals surface area contributed by atoms with Gasteiger partial charge in [0, 0.05) is 6.20 Å². The molecule has 1 rings (SSSR count). The Labute approximate surface area is 91.2 Å². The van der Waals surface area contributed by atoms with Gasteiger partial charge in [-0.1, -0.05) is 0 Å². The maximum Gasteiger partial charge on any atom is 0.404 e. The van der Waals surface area contributed by atoms with Crippen molar-refractivity contribution < 1.29 is 19.4 Å². The molecule has 86 valence electrons. The highest BCUT2D eigenvalue weighted by Crippen LogP contribution is 2.05. The third-order valence-electron chi connectivity index (χ3n) is 1.66. The second-order valence-electron chi connectivity index (χ2n) is 2.83. The summed E-state index contributed by atoms with van der Waals surface area (Å²) in [7, 11) is 0. The highest BCUT2D eigenvalue weighted by Gasteiger charge is 2.03. The van der Waals surface area contributed by atoms with Crippen LogP contribution in [0.4, 0.5) is 10.6 Å². The highest BCUT2D eigenvalue weighted by atomic mass is 16.5. The van der Waals surface area contributed by atoms with Gasteiger partial charge in [0.1, 0.15) is 12.4 Å². The van der Waals surface area contributed by atoms with E-state index < -0.39 is 12.1 Å². The fourth-order valence-corrected chi connectivity index (χ4v) is 0.991. The SMILES string of the molecule is NC(=O)OCCNc1cc(C(=O)O)ccn1. The monoisotopic (exact) mass is 225 g/mol. The van der Waals surface area contributed by atoms with Gasteiger partial charge in [0.15, 0.2) is 0 Å². The molecule has 0 saturated carbocycles. The number of nitrogens with one attached hydrogen (secondary N) is 1. The molecule has 1 heterocycles. The molecule has 0 aliphatic rings. The summed E-state index contributed by atoms with van der Waals surface area (Å²) in [5, 5.41) is 11.5. The predicted molar refractivity (Wildman–Crippen MR) is 55.2 cm³/mol. The molecule has 7 nitrogen and oxygen atoms in total. The number of carboxylic acids is 1. The molecule has 0 unspecified atom stereocenters. The largest absolute Gasteiger partial charge is 0.478 e. The fraction of sp³-hybridized carbons (Fsp3) is 0.222. The molecule has 0 aliphatic carbocycles. The van der Waals surface area contributed by atoms with Crippen LogP contribution in [0.3, 0.4) is 0 Å². The van der Waals surface area contributed by atoms with Crippen molar-refractivity contribution in [3.05, 3.63) is 23.9 Å². The van der Waals surface area contributed by atoms with E-state index in [1.165, 1.54) is 18.3 Å². The van der Waals surface area contributed by atoms with E-state index in [0.717, 1.165) is 0 Å². The molecule has 0 fully saturated rings. The molecular formula is C9H11N3O4. The Bertz CT molecular complexity index is 394. The van der Waals surface area contributed by atoms with Crippen molar-refractivity contribution in [3.8, 4) is 0 Å². The zero-order valence-corrected chi connectivity index (χ0v) is 8.34. The Morgan fingerprint density at radius 1 is 1.56 bits per heavy atom. The van der Waals surface area contributed by atoms with E-state index in [0.29, 0.717) is 12.4 Å². The van der Waals surface area contributed by atoms with Gasteiger partial charge in [-0.2, -0.15) is 0 Å². The summed E-state index contributed by atoms with van der Waals surface area (Å²) in [5.41, 5.74) is 4.89. The van der Waals surface area contributed by atoms with Crippen molar-refractivity contribution >= 4 is 17.9 Å². The number of ether oxygens (including phenoxy) is 1. The van der Waals surface area contributed by atoms with E-state index in [1.54, 1.807) is 0 Å². The molecule has 0 atom stereocenters. The molecule has 0 aromatic carbocycles. The van der Waals surface area contributed by atoms with Crippen LogP contribution in [0.5, 0.6) is 0 Å². The van der Waals surface area contributed by atoms with Crippen LogP contribution in [-0.2, 0) is 4.74 Å². The molecule has 0 bridgehead atoms. The number of pyridine rings is 1. The van der Waals surface area contributed by atoms with E-state index in [4.69, 9.17) is 10.8 Å². The van der Waals surface area contributed by atoms with Crippen LogP contribution >= 0.6 is 0 Å². The molecule has 0 saturated heterocycles. The first-order valence-electron chi connectivity index (χ1n) is 4.45. The van der Waals surface area contributed by atoms with Gasteiger partial charge in [0.25, 0.3) is 0 Å². The first kappa shape index (κ1) is 11.8. The molecule has 4 N–H and O–H groups in total. The summed E-state index contributed by atoms with van der Waals surface area (Å²) in [4.78, 5) is 24.8. The van der Waals surface area contributed by atoms with Gasteiger partial charge >= 0.3 is 12.1 Å². The van der Waals surface area contributed by atoms with Crippen LogP contribution in [0.25, 0.3) is 0 Å². The predicted octanol–water partition coefficient (Wildman–Crippen LogP) is 0.287. The molecule has 0 radical (unpaired) electrons. The second-order valence-corrected chi connectivity index (χ2v) is 2.83. The molecule has 16 heavy (non-hydrogen) atoms. The second kappa shape index (κ2) is 5.54. The number of aromatic carboxylic acids is 1. The lowest BCUT2D eigenvalue weighted by atomic mass is 10.2. The normalized spacial score (nSPS) is 9.50. The van der Waals surface area contributed by atoms with Gasteiger partial charge in [-0.25, -0.2) is 14.6 Å². The zero-order valence-electron chi connectivity index (χ0n) is 8.34. The summed E-state index contributed by atoms with van der Waals surface area (Å²) >= 11 is 0. The average Bonchev–Trinajstić information content (AvgIpc) is 2.24. The number of nitrogens with two attached hydrogens (primary N) is 1. The number of hydrogen-bond acceptors (Lipinski definition) is 5. The number of primary amides is 1. The number of anilines is 1. The van der Waals surface area contributed by atoms with Crippen LogP contribution in [0, 0.1) is 0 Å². The van der Waals surface area contributed by atoms with Crippen LogP contribution < -0.4 is 11.1 Å². The molecular weight excluding hydrogens is 214 g/mol. The first-order chi connectivity index (χ1) is 7.59. The number of aromatic nitrogens is 1. The van der Waals surface area contributed by atoms with Gasteiger partial charge in [-0.3, -0.25) is 0 Å². The molecule has 0 aliphatic heterocycles. The summed E-state index contributed by atoms with van der Waals surface area (Å²) in [6, 6.07) is 2.76. The Morgan fingerprint density at radius 3 is 2.94 bits per heavy atom. The summed E-state index contributed by atoms with van der Waals surface area (Å²) in [6.07, 6.45) is 0.523. The minimum Gasteiger partial charge on any atom is -0.478 e.